The fourth-order valence-corrected chi connectivity index (χ4v) is 4.84. The summed E-state index contributed by atoms with van der Waals surface area (Å²) in [6, 6.07) is 4.16. The number of hydrogen-bond donors (Lipinski definition) is 1. The highest BCUT2D eigenvalue weighted by Crippen LogP contribution is 2.35. The van der Waals surface area contributed by atoms with Crippen LogP contribution in [0, 0.1) is 19.8 Å². The topological polar surface area (TPSA) is 40.5 Å². The van der Waals surface area contributed by atoms with Crippen LogP contribution in [-0.2, 0) is 4.79 Å². The molecule has 0 spiro atoms. The molecule has 3 heterocycles. The van der Waals surface area contributed by atoms with Crippen molar-refractivity contribution in [1.29, 1.82) is 0 Å². The maximum Gasteiger partial charge on any atom is 0.307 e. The fraction of sp³-hybridized carbons (Fsp3) is 0.450. The van der Waals surface area contributed by atoms with Crippen LogP contribution in [0.5, 0.6) is 0 Å². The zero-order chi connectivity index (χ0) is 21.3. The standard InChI is InChI=1S/C20H25NO2S2/c1-14-7-11-24-18(14)17(19-15(2)8-12-25-19)6-4-10-21-9-3-5-16(13-21)20(22)23/h6-8,11-12,16H,3-5,9-10,13H2,1-2H3,(H,22,23)/i3D,5D,9D,13D. The first kappa shape index (κ1) is 13.7. The number of hydrogen-bond acceptors (Lipinski definition) is 4. The number of carboxylic acids is 1. The van der Waals surface area contributed by atoms with E-state index in [1.807, 2.05) is 0 Å². The molecule has 3 nitrogen and oxygen atoms in total. The molecule has 25 heavy (non-hydrogen) atoms. The van der Waals surface area contributed by atoms with Gasteiger partial charge < -0.3 is 10.0 Å². The quantitative estimate of drug-likeness (QED) is 0.764. The monoisotopic (exact) mass is 379 g/mol. The molecule has 1 N–H and O–H groups in total. The molecule has 5 unspecified atom stereocenters. The highest BCUT2D eigenvalue weighted by atomic mass is 32.1. The second-order valence-electron chi connectivity index (χ2n) is 6.06. The number of aryl methyl sites for hydroxylation is 2. The number of thiophene rings is 2. The van der Waals surface area contributed by atoms with Crippen LogP contribution in [0.2, 0.25) is 0 Å². The third-order valence-corrected chi connectivity index (χ3v) is 6.28. The van der Waals surface area contributed by atoms with Gasteiger partial charge in [-0.1, -0.05) is 6.08 Å². The van der Waals surface area contributed by atoms with Crippen molar-refractivity contribution in [2.75, 3.05) is 19.6 Å². The van der Waals surface area contributed by atoms with Crippen LogP contribution in [-0.4, -0.2) is 35.6 Å². The van der Waals surface area contributed by atoms with Crippen molar-refractivity contribution in [3.8, 4) is 0 Å². The molecule has 0 amide bonds. The van der Waals surface area contributed by atoms with Crippen molar-refractivity contribution >= 4 is 34.2 Å². The maximum atomic E-state index is 11.5. The molecule has 2 aromatic heterocycles. The van der Waals surface area contributed by atoms with Gasteiger partial charge in [-0.2, -0.15) is 0 Å². The van der Waals surface area contributed by atoms with Crippen LogP contribution < -0.4 is 0 Å². The minimum absolute atomic E-state index is 0.312. The Labute approximate surface area is 163 Å². The molecule has 5 atom stereocenters. The first-order valence-corrected chi connectivity index (χ1v) is 9.96. The van der Waals surface area contributed by atoms with E-state index in [0.717, 1.165) is 5.57 Å². The summed E-state index contributed by atoms with van der Waals surface area (Å²) in [7, 11) is 0. The molecule has 1 aliphatic heterocycles. The molecule has 1 aliphatic rings. The highest BCUT2D eigenvalue weighted by Gasteiger charge is 2.24. The molecule has 5 heteroatoms. The van der Waals surface area contributed by atoms with Crippen molar-refractivity contribution < 1.29 is 15.4 Å². The van der Waals surface area contributed by atoms with E-state index >= 15 is 0 Å². The smallest absolute Gasteiger partial charge is 0.307 e. The van der Waals surface area contributed by atoms with Crippen LogP contribution in [0.25, 0.3) is 5.57 Å². The van der Waals surface area contributed by atoms with Gasteiger partial charge in [0, 0.05) is 33.9 Å². The lowest BCUT2D eigenvalue weighted by Crippen LogP contribution is -2.39. The molecule has 0 saturated carbocycles. The number of nitrogens with zero attached hydrogens (tertiary/aromatic N) is 1. The lowest BCUT2D eigenvalue weighted by Gasteiger charge is -2.30. The summed E-state index contributed by atoms with van der Waals surface area (Å²) in [5, 5.41) is 13.5. The van der Waals surface area contributed by atoms with Crippen molar-refractivity contribution in [3.63, 3.8) is 0 Å². The van der Waals surface area contributed by atoms with Gasteiger partial charge in [0.25, 0.3) is 0 Å². The van der Waals surface area contributed by atoms with Gasteiger partial charge in [0.05, 0.1) is 5.92 Å². The normalized spacial score (nSPS) is 32.3. The summed E-state index contributed by atoms with van der Waals surface area (Å²) in [6.07, 6.45) is 0.206. The zero-order valence-electron chi connectivity index (χ0n) is 18.3. The van der Waals surface area contributed by atoms with E-state index in [-0.39, 0.29) is 0 Å². The van der Waals surface area contributed by atoms with Gasteiger partial charge >= 0.3 is 5.97 Å². The number of carboxylic acid groups (broad SMARTS) is 1. The van der Waals surface area contributed by atoms with Gasteiger partial charge in [-0.05, 0) is 73.6 Å². The molecule has 0 aromatic carbocycles. The third-order valence-electron chi connectivity index (χ3n) is 4.18. The van der Waals surface area contributed by atoms with Crippen molar-refractivity contribution in [1.82, 2.24) is 4.90 Å². The van der Waals surface area contributed by atoms with Crippen LogP contribution in [0.15, 0.2) is 29.0 Å². The van der Waals surface area contributed by atoms with E-state index in [2.05, 4.69) is 42.8 Å². The van der Waals surface area contributed by atoms with Gasteiger partial charge in [0.15, 0.2) is 0 Å². The molecule has 2 aromatic rings. The van der Waals surface area contributed by atoms with Crippen molar-refractivity contribution in [3.05, 3.63) is 49.9 Å². The fourth-order valence-electron chi connectivity index (χ4n) is 2.82. The number of piperidine rings is 1. The Hall–Kier alpha value is -1.43. The first-order valence-electron chi connectivity index (χ1n) is 10.5. The van der Waals surface area contributed by atoms with Gasteiger partial charge in [-0.3, -0.25) is 4.79 Å². The van der Waals surface area contributed by atoms with Gasteiger partial charge in [-0.25, -0.2) is 0 Å². The Morgan fingerprint density at radius 2 is 1.96 bits per heavy atom. The van der Waals surface area contributed by atoms with E-state index in [0.29, 0.717) is 13.0 Å². The zero-order valence-corrected chi connectivity index (χ0v) is 15.9. The van der Waals surface area contributed by atoms with E-state index in [1.165, 1.54) is 25.8 Å². The van der Waals surface area contributed by atoms with Crippen LogP contribution in [0.3, 0.4) is 0 Å². The average molecular weight is 380 g/mol. The maximum absolute atomic E-state index is 11.5. The predicted octanol–water partition coefficient (Wildman–Crippen LogP) is 5.04. The molecule has 1 fully saturated rings. The second-order valence-corrected chi connectivity index (χ2v) is 7.89. The van der Waals surface area contributed by atoms with Gasteiger partial charge in [0.2, 0.25) is 0 Å². The van der Waals surface area contributed by atoms with E-state index in [9.17, 15) is 9.90 Å². The molecule has 134 valence electrons. The van der Waals surface area contributed by atoms with E-state index in [4.69, 9.17) is 5.48 Å². The summed E-state index contributed by atoms with van der Waals surface area (Å²) in [5.74, 6) is -2.51. The molecule has 0 radical (unpaired) electrons. The Morgan fingerprint density at radius 1 is 1.32 bits per heavy atom. The molecule has 3 rings (SSSR count). The average Bonchev–Trinajstić information content (AvgIpc) is 3.28. The number of rotatable bonds is 6. The van der Waals surface area contributed by atoms with Crippen molar-refractivity contribution in [2.45, 2.75) is 33.1 Å². The van der Waals surface area contributed by atoms with Crippen molar-refractivity contribution in [2.24, 2.45) is 5.92 Å². The van der Waals surface area contributed by atoms with Crippen LogP contribution in [0.1, 0.15) is 45.6 Å². The Balaban J connectivity index is 1.84. The van der Waals surface area contributed by atoms with E-state index < -0.39 is 37.7 Å². The predicted molar refractivity (Wildman–Crippen MR) is 107 cm³/mol. The van der Waals surface area contributed by atoms with Gasteiger partial charge in [-0.15, -0.1) is 22.7 Å². The van der Waals surface area contributed by atoms with E-state index in [1.54, 1.807) is 22.7 Å². The summed E-state index contributed by atoms with van der Waals surface area (Å²) in [6.45, 7) is 2.20. The molecule has 0 aliphatic carbocycles. The minimum atomic E-state index is -1.28. The Morgan fingerprint density at radius 3 is 2.48 bits per heavy atom. The SMILES string of the molecule is [2H]C1C([2H])C([2H])N(CCC=C(c2sccc2C)c2sccc2C)C([2H])C1C(=O)O. The molecular weight excluding hydrogens is 350 g/mol. The first-order chi connectivity index (χ1) is 13.7. The van der Waals surface area contributed by atoms with Crippen LogP contribution in [0.4, 0.5) is 0 Å². The lowest BCUT2D eigenvalue weighted by molar-refractivity contribution is -0.143. The summed E-state index contributed by atoms with van der Waals surface area (Å²) < 4.78 is 32.6. The Bertz CT molecular complexity index is 854. The van der Waals surface area contributed by atoms with Gasteiger partial charge in [0.1, 0.15) is 0 Å². The summed E-state index contributed by atoms with van der Waals surface area (Å²) in [5.41, 5.74) is 3.51. The second kappa shape index (κ2) is 8.30. The lowest BCUT2D eigenvalue weighted by atomic mass is 9.98. The number of carbonyl (C=O) groups is 1. The molecule has 1 saturated heterocycles. The highest BCUT2D eigenvalue weighted by molar-refractivity contribution is 7.14. The minimum Gasteiger partial charge on any atom is -0.481 e. The number of likely N-dealkylation sites (tertiary alicyclic amines) is 1. The Kier molecular flexibility index (Phi) is 4.56. The largest absolute Gasteiger partial charge is 0.481 e. The third kappa shape index (κ3) is 4.40. The summed E-state index contributed by atoms with van der Waals surface area (Å²) in [4.78, 5) is 15.3. The molecule has 0 bridgehead atoms. The summed E-state index contributed by atoms with van der Waals surface area (Å²) >= 11 is 3.35. The number of aliphatic carboxylic acids is 1. The molecular formula is C20H25NO2S2. The van der Waals surface area contributed by atoms with Crippen LogP contribution >= 0.6 is 22.7 Å².